The predicted octanol–water partition coefficient (Wildman–Crippen LogP) is 1.54. The molecule has 0 spiro atoms. The van der Waals surface area contributed by atoms with E-state index >= 15 is 0 Å². The Morgan fingerprint density at radius 2 is 2.29 bits per heavy atom. The third-order valence-electron chi connectivity index (χ3n) is 3.67. The molecule has 1 saturated heterocycles. The van der Waals surface area contributed by atoms with Crippen LogP contribution in [0, 0.1) is 17.2 Å². The first-order chi connectivity index (χ1) is 10.0. The molecule has 0 saturated carbocycles. The van der Waals surface area contributed by atoms with Crippen molar-refractivity contribution in [3.8, 4) is 6.07 Å². The number of nitrogens with zero attached hydrogens (tertiary/aromatic N) is 2. The van der Waals surface area contributed by atoms with Crippen molar-refractivity contribution in [1.82, 2.24) is 10.2 Å². The van der Waals surface area contributed by atoms with E-state index in [9.17, 15) is 9.59 Å². The number of benzene rings is 1. The Balaban J connectivity index is 1.90. The number of nitrogens with one attached hydrogen (secondary N) is 1. The number of carbonyl (C=O) groups is 2. The smallest absolute Gasteiger partial charge is 0.251 e. The fraction of sp³-hybridized carbons (Fsp3) is 0.438. The number of hydrogen-bond acceptors (Lipinski definition) is 3. The fourth-order valence-corrected chi connectivity index (χ4v) is 2.51. The minimum Gasteiger partial charge on any atom is -0.352 e. The summed E-state index contributed by atoms with van der Waals surface area (Å²) >= 11 is 0. The third-order valence-corrected chi connectivity index (χ3v) is 3.67. The van der Waals surface area contributed by atoms with E-state index in [0.717, 1.165) is 0 Å². The summed E-state index contributed by atoms with van der Waals surface area (Å²) < 4.78 is 0. The van der Waals surface area contributed by atoms with E-state index in [1.807, 2.05) is 24.8 Å². The van der Waals surface area contributed by atoms with Crippen LogP contribution in [0.5, 0.6) is 0 Å². The molecule has 0 bridgehead atoms. The van der Waals surface area contributed by atoms with Crippen LogP contribution in [-0.4, -0.2) is 35.8 Å². The Bertz CT molecular complexity index is 589. The fourth-order valence-electron chi connectivity index (χ4n) is 2.51. The second kappa shape index (κ2) is 6.40. The summed E-state index contributed by atoms with van der Waals surface area (Å²) in [5.41, 5.74) is 0.934. The van der Waals surface area contributed by atoms with Gasteiger partial charge in [-0.1, -0.05) is 6.07 Å². The van der Waals surface area contributed by atoms with Crippen LogP contribution in [0.15, 0.2) is 24.3 Å². The number of likely N-dealkylation sites (tertiary alicyclic amines) is 1. The van der Waals surface area contributed by atoms with Crippen LogP contribution in [-0.2, 0) is 4.79 Å². The molecule has 0 radical (unpaired) electrons. The van der Waals surface area contributed by atoms with Gasteiger partial charge in [0.1, 0.15) is 0 Å². The highest BCUT2D eigenvalue weighted by Crippen LogP contribution is 2.19. The summed E-state index contributed by atoms with van der Waals surface area (Å²) in [5.74, 6) is 0.0984. The summed E-state index contributed by atoms with van der Waals surface area (Å²) in [7, 11) is 0. The zero-order valence-corrected chi connectivity index (χ0v) is 12.3. The molecule has 5 nitrogen and oxygen atoms in total. The summed E-state index contributed by atoms with van der Waals surface area (Å²) in [6.45, 7) is 5.15. The van der Waals surface area contributed by atoms with Crippen LogP contribution in [0.4, 0.5) is 0 Å². The van der Waals surface area contributed by atoms with Gasteiger partial charge < -0.3 is 10.2 Å². The number of nitriles is 1. The van der Waals surface area contributed by atoms with Gasteiger partial charge in [-0.15, -0.1) is 0 Å². The molecular formula is C16H19N3O2. The van der Waals surface area contributed by atoms with Crippen LogP contribution in [0.3, 0.4) is 0 Å². The number of rotatable bonds is 4. The Hall–Kier alpha value is -2.35. The molecule has 1 aliphatic heterocycles. The van der Waals surface area contributed by atoms with Crippen molar-refractivity contribution in [3.05, 3.63) is 35.4 Å². The molecule has 1 atom stereocenters. The van der Waals surface area contributed by atoms with Gasteiger partial charge in [0.05, 0.1) is 11.6 Å². The molecule has 0 aromatic heterocycles. The zero-order valence-electron chi connectivity index (χ0n) is 12.3. The first kappa shape index (κ1) is 15.0. The second-order valence-corrected chi connectivity index (χ2v) is 5.61. The van der Waals surface area contributed by atoms with E-state index < -0.39 is 0 Å². The lowest BCUT2D eigenvalue weighted by atomic mass is 10.1. The van der Waals surface area contributed by atoms with Crippen LogP contribution >= 0.6 is 0 Å². The minimum absolute atomic E-state index is 0.149. The number of hydrogen-bond donors (Lipinski definition) is 1. The molecule has 0 aliphatic carbocycles. The van der Waals surface area contributed by atoms with Crippen LogP contribution in [0.1, 0.15) is 36.2 Å². The standard InChI is InChI=1S/C16H19N3O2/c1-11(2)19-10-13(7-15(19)20)9-18-16(21)14-5-3-4-12(6-14)8-17/h3-6,11,13H,7,9-10H2,1-2H3,(H,18,21). The average molecular weight is 285 g/mol. The maximum Gasteiger partial charge on any atom is 0.251 e. The number of amides is 2. The van der Waals surface area contributed by atoms with Gasteiger partial charge in [-0.2, -0.15) is 5.26 Å². The van der Waals surface area contributed by atoms with Gasteiger partial charge in [0.2, 0.25) is 5.91 Å². The van der Waals surface area contributed by atoms with Crippen molar-refractivity contribution in [2.75, 3.05) is 13.1 Å². The Morgan fingerprint density at radius 3 is 2.90 bits per heavy atom. The molecular weight excluding hydrogens is 266 g/mol. The summed E-state index contributed by atoms with van der Waals surface area (Å²) in [6, 6.07) is 8.80. The maximum absolute atomic E-state index is 12.0. The van der Waals surface area contributed by atoms with Crippen molar-refractivity contribution >= 4 is 11.8 Å². The molecule has 2 rings (SSSR count). The molecule has 110 valence electrons. The zero-order chi connectivity index (χ0) is 15.4. The molecule has 2 amide bonds. The first-order valence-electron chi connectivity index (χ1n) is 7.09. The highest BCUT2D eigenvalue weighted by atomic mass is 16.2. The van der Waals surface area contributed by atoms with Crippen molar-refractivity contribution in [2.45, 2.75) is 26.3 Å². The van der Waals surface area contributed by atoms with Gasteiger partial charge in [0, 0.05) is 37.0 Å². The third kappa shape index (κ3) is 3.60. The average Bonchev–Trinajstić information content (AvgIpc) is 2.86. The van der Waals surface area contributed by atoms with Gasteiger partial charge >= 0.3 is 0 Å². The van der Waals surface area contributed by atoms with Gasteiger partial charge in [-0.3, -0.25) is 9.59 Å². The van der Waals surface area contributed by atoms with E-state index in [2.05, 4.69) is 5.32 Å². The predicted molar refractivity (Wildman–Crippen MR) is 78.4 cm³/mol. The minimum atomic E-state index is -0.206. The van der Waals surface area contributed by atoms with Crippen molar-refractivity contribution in [2.24, 2.45) is 5.92 Å². The Morgan fingerprint density at radius 1 is 1.52 bits per heavy atom. The van der Waals surface area contributed by atoms with Crippen molar-refractivity contribution in [3.63, 3.8) is 0 Å². The monoisotopic (exact) mass is 285 g/mol. The molecule has 1 fully saturated rings. The van der Waals surface area contributed by atoms with E-state index in [1.54, 1.807) is 24.3 Å². The lowest BCUT2D eigenvalue weighted by molar-refractivity contribution is -0.129. The van der Waals surface area contributed by atoms with E-state index in [-0.39, 0.29) is 23.8 Å². The summed E-state index contributed by atoms with van der Waals surface area (Å²) in [4.78, 5) is 25.7. The lowest BCUT2D eigenvalue weighted by Crippen LogP contribution is -2.34. The van der Waals surface area contributed by atoms with Crippen LogP contribution in [0.2, 0.25) is 0 Å². The SMILES string of the molecule is CC(C)N1CC(CNC(=O)c2cccc(C#N)c2)CC1=O. The summed E-state index contributed by atoms with van der Waals surface area (Å²) in [5, 5.41) is 11.7. The molecule has 1 aromatic rings. The normalized spacial score (nSPS) is 17.9. The molecule has 5 heteroatoms. The topological polar surface area (TPSA) is 73.2 Å². The Kier molecular flexibility index (Phi) is 4.59. The highest BCUT2D eigenvalue weighted by molar-refractivity contribution is 5.94. The van der Waals surface area contributed by atoms with Crippen LogP contribution < -0.4 is 5.32 Å². The van der Waals surface area contributed by atoms with Gasteiger partial charge in [0.15, 0.2) is 0 Å². The Labute approximate surface area is 124 Å². The molecule has 1 N–H and O–H groups in total. The van der Waals surface area contributed by atoms with Crippen LogP contribution in [0.25, 0.3) is 0 Å². The second-order valence-electron chi connectivity index (χ2n) is 5.61. The van der Waals surface area contributed by atoms with E-state index in [1.165, 1.54) is 0 Å². The maximum atomic E-state index is 12.0. The highest BCUT2D eigenvalue weighted by Gasteiger charge is 2.31. The molecule has 1 aliphatic rings. The van der Waals surface area contributed by atoms with Gasteiger partial charge in [-0.05, 0) is 32.0 Å². The largest absolute Gasteiger partial charge is 0.352 e. The lowest BCUT2D eigenvalue weighted by Gasteiger charge is -2.21. The van der Waals surface area contributed by atoms with Crippen molar-refractivity contribution < 1.29 is 9.59 Å². The van der Waals surface area contributed by atoms with Crippen molar-refractivity contribution in [1.29, 1.82) is 5.26 Å². The molecule has 21 heavy (non-hydrogen) atoms. The van der Waals surface area contributed by atoms with Gasteiger partial charge in [-0.25, -0.2) is 0 Å². The van der Waals surface area contributed by atoms with Gasteiger partial charge in [0.25, 0.3) is 5.91 Å². The molecule has 1 unspecified atom stereocenters. The summed E-state index contributed by atoms with van der Waals surface area (Å²) in [6.07, 6.45) is 0.483. The van der Waals surface area contributed by atoms with E-state index in [4.69, 9.17) is 5.26 Å². The quantitative estimate of drug-likeness (QED) is 0.912. The molecule has 1 aromatic carbocycles. The van der Waals surface area contributed by atoms with E-state index in [0.29, 0.717) is 30.6 Å². The molecule has 1 heterocycles. The number of carbonyl (C=O) groups excluding carboxylic acids is 2. The first-order valence-corrected chi connectivity index (χ1v) is 7.09.